The second-order valence-electron chi connectivity index (χ2n) is 4.65. The molecule has 1 aromatic carbocycles. The number of nitrogens with zero attached hydrogens (tertiary/aromatic N) is 1. The Morgan fingerprint density at radius 2 is 2.10 bits per heavy atom. The minimum Gasteiger partial charge on any atom is -0.448 e. The zero-order valence-corrected chi connectivity index (χ0v) is 11.3. The Balaban J connectivity index is 1.70. The van der Waals surface area contributed by atoms with Gasteiger partial charge in [-0.05, 0) is 24.1 Å². The van der Waals surface area contributed by atoms with Crippen molar-refractivity contribution in [1.29, 1.82) is 0 Å². The van der Waals surface area contributed by atoms with Gasteiger partial charge in [0.2, 0.25) is 5.91 Å². The molecule has 0 bridgehead atoms. The molecule has 108 valence electrons. The highest BCUT2D eigenvalue weighted by molar-refractivity contribution is 5.90. The fourth-order valence-electron chi connectivity index (χ4n) is 2.01. The lowest BCUT2D eigenvalue weighted by atomic mass is 10.2. The number of carbonyl (C=O) groups is 2. The third-order valence-electron chi connectivity index (χ3n) is 3.15. The molecule has 1 saturated heterocycles. The van der Waals surface area contributed by atoms with Gasteiger partial charge < -0.3 is 20.7 Å². The minimum atomic E-state index is -0.289. The third kappa shape index (κ3) is 3.96. The van der Waals surface area contributed by atoms with Gasteiger partial charge in [0.25, 0.3) is 0 Å². The van der Waals surface area contributed by atoms with Crippen LogP contribution in [0.4, 0.5) is 10.5 Å². The van der Waals surface area contributed by atoms with Crippen molar-refractivity contribution in [3.05, 3.63) is 29.8 Å². The zero-order valence-electron chi connectivity index (χ0n) is 11.3. The van der Waals surface area contributed by atoms with E-state index in [1.165, 1.54) is 0 Å². The van der Waals surface area contributed by atoms with Gasteiger partial charge in [0.15, 0.2) is 0 Å². The standard InChI is InChI=1S/C14H19N3O3/c15-10-11-3-5-12(6-4-11)16-13(18)2-1-7-17-8-9-20-14(17)19/h3-6H,1-2,7-10,15H2,(H,16,18). The Kier molecular flexibility index (Phi) is 4.95. The molecule has 0 spiro atoms. The molecule has 6 nitrogen and oxygen atoms in total. The molecule has 0 aromatic heterocycles. The monoisotopic (exact) mass is 277 g/mol. The van der Waals surface area contributed by atoms with Gasteiger partial charge in [-0.25, -0.2) is 4.79 Å². The SMILES string of the molecule is NCc1ccc(NC(=O)CCCN2CCOC2=O)cc1. The van der Waals surface area contributed by atoms with Gasteiger partial charge in [-0.2, -0.15) is 0 Å². The highest BCUT2D eigenvalue weighted by atomic mass is 16.6. The van der Waals surface area contributed by atoms with Gasteiger partial charge in [-0.1, -0.05) is 12.1 Å². The summed E-state index contributed by atoms with van der Waals surface area (Å²) in [7, 11) is 0. The lowest BCUT2D eigenvalue weighted by molar-refractivity contribution is -0.116. The predicted octanol–water partition coefficient (Wildman–Crippen LogP) is 1.32. The van der Waals surface area contributed by atoms with E-state index in [9.17, 15) is 9.59 Å². The summed E-state index contributed by atoms with van der Waals surface area (Å²) in [5.41, 5.74) is 7.29. The molecular formula is C14H19N3O3. The number of hydrogen-bond acceptors (Lipinski definition) is 4. The molecule has 0 unspecified atom stereocenters. The molecule has 1 aliphatic rings. The maximum absolute atomic E-state index is 11.8. The van der Waals surface area contributed by atoms with Crippen LogP contribution in [0.25, 0.3) is 0 Å². The topological polar surface area (TPSA) is 84.7 Å². The normalized spacial score (nSPS) is 14.2. The van der Waals surface area contributed by atoms with Gasteiger partial charge in [0.05, 0.1) is 6.54 Å². The molecule has 2 rings (SSSR count). The molecule has 0 saturated carbocycles. The highest BCUT2D eigenvalue weighted by Gasteiger charge is 2.21. The van der Waals surface area contributed by atoms with Crippen molar-refractivity contribution in [2.75, 3.05) is 25.0 Å². The number of ether oxygens (including phenoxy) is 1. The van der Waals surface area contributed by atoms with E-state index in [1.54, 1.807) is 4.90 Å². The Labute approximate surface area is 117 Å². The predicted molar refractivity (Wildman–Crippen MR) is 75.1 cm³/mol. The van der Waals surface area contributed by atoms with Gasteiger partial charge in [0.1, 0.15) is 6.61 Å². The largest absolute Gasteiger partial charge is 0.448 e. The van der Waals surface area contributed by atoms with Crippen LogP contribution in [0.5, 0.6) is 0 Å². The fourth-order valence-corrected chi connectivity index (χ4v) is 2.01. The van der Waals surface area contributed by atoms with E-state index < -0.39 is 0 Å². The maximum atomic E-state index is 11.8. The van der Waals surface area contributed by atoms with Crippen molar-refractivity contribution in [3.63, 3.8) is 0 Å². The maximum Gasteiger partial charge on any atom is 0.409 e. The quantitative estimate of drug-likeness (QED) is 0.821. The average molecular weight is 277 g/mol. The number of anilines is 1. The number of cyclic esters (lactones) is 1. The minimum absolute atomic E-state index is 0.0573. The first-order valence-electron chi connectivity index (χ1n) is 6.69. The molecule has 6 heteroatoms. The molecule has 1 aliphatic heterocycles. The molecular weight excluding hydrogens is 258 g/mol. The zero-order chi connectivity index (χ0) is 14.4. The first kappa shape index (κ1) is 14.3. The summed E-state index contributed by atoms with van der Waals surface area (Å²) in [4.78, 5) is 24.6. The van der Waals surface area contributed by atoms with Crippen LogP contribution in [-0.4, -0.2) is 36.6 Å². The molecule has 0 radical (unpaired) electrons. The lowest BCUT2D eigenvalue weighted by Crippen LogP contribution is -2.26. The molecule has 0 atom stereocenters. The van der Waals surface area contributed by atoms with E-state index in [4.69, 9.17) is 10.5 Å². The van der Waals surface area contributed by atoms with Crippen LogP contribution in [0.2, 0.25) is 0 Å². The number of hydrogen-bond donors (Lipinski definition) is 2. The second kappa shape index (κ2) is 6.91. The highest BCUT2D eigenvalue weighted by Crippen LogP contribution is 2.10. The van der Waals surface area contributed by atoms with Crippen LogP contribution in [0.15, 0.2) is 24.3 Å². The molecule has 2 amide bonds. The second-order valence-corrected chi connectivity index (χ2v) is 4.65. The number of rotatable bonds is 6. The third-order valence-corrected chi connectivity index (χ3v) is 3.15. The molecule has 3 N–H and O–H groups in total. The Morgan fingerprint density at radius 1 is 1.35 bits per heavy atom. The number of nitrogens with two attached hydrogens (primary N) is 1. The van der Waals surface area contributed by atoms with E-state index in [0.29, 0.717) is 39.1 Å². The van der Waals surface area contributed by atoms with Crippen molar-refractivity contribution < 1.29 is 14.3 Å². The van der Waals surface area contributed by atoms with Crippen LogP contribution in [0, 0.1) is 0 Å². The summed E-state index contributed by atoms with van der Waals surface area (Å²) in [6, 6.07) is 7.43. The molecule has 1 fully saturated rings. The van der Waals surface area contributed by atoms with E-state index >= 15 is 0 Å². The van der Waals surface area contributed by atoms with Crippen LogP contribution < -0.4 is 11.1 Å². The van der Waals surface area contributed by atoms with Crippen molar-refractivity contribution in [1.82, 2.24) is 4.90 Å². The summed E-state index contributed by atoms with van der Waals surface area (Å²) in [5.74, 6) is -0.0573. The Hall–Kier alpha value is -2.08. The van der Waals surface area contributed by atoms with Crippen molar-refractivity contribution >= 4 is 17.7 Å². The van der Waals surface area contributed by atoms with E-state index in [2.05, 4.69) is 5.32 Å². The van der Waals surface area contributed by atoms with Gasteiger partial charge in [-0.15, -0.1) is 0 Å². The van der Waals surface area contributed by atoms with E-state index in [-0.39, 0.29) is 12.0 Å². The van der Waals surface area contributed by atoms with Crippen molar-refractivity contribution in [2.24, 2.45) is 5.73 Å². The van der Waals surface area contributed by atoms with E-state index in [1.807, 2.05) is 24.3 Å². The lowest BCUT2D eigenvalue weighted by Gasteiger charge is -2.12. The van der Waals surface area contributed by atoms with Crippen LogP contribution in [-0.2, 0) is 16.1 Å². The van der Waals surface area contributed by atoms with Crippen molar-refractivity contribution in [3.8, 4) is 0 Å². The average Bonchev–Trinajstić information content (AvgIpc) is 2.85. The summed E-state index contributed by atoms with van der Waals surface area (Å²) in [5, 5.41) is 2.82. The summed E-state index contributed by atoms with van der Waals surface area (Å²) < 4.78 is 4.82. The summed E-state index contributed by atoms with van der Waals surface area (Å²) >= 11 is 0. The van der Waals surface area contributed by atoms with Crippen molar-refractivity contribution in [2.45, 2.75) is 19.4 Å². The van der Waals surface area contributed by atoms with Crippen LogP contribution in [0.1, 0.15) is 18.4 Å². The Morgan fingerprint density at radius 3 is 2.70 bits per heavy atom. The number of nitrogens with one attached hydrogen (secondary N) is 1. The number of carbonyl (C=O) groups excluding carboxylic acids is 2. The summed E-state index contributed by atoms with van der Waals surface area (Å²) in [6.07, 6.45) is 0.715. The van der Waals surface area contributed by atoms with E-state index in [0.717, 1.165) is 11.3 Å². The van der Waals surface area contributed by atoms with Gasteiger partial charge >= 0.3 is 6.09 Å². The Bertz CT molecular complexity index is 473. The smallest absolute Gasteiger partial charge is 0.409 e. The molecule has 1 heterocycles. The number of amides is 2. The van der Waals surface area contributed by atoms with Crippen LogP contribution >= 0.6 is 0 Å². The van der Waals surface area contributed by atoms with Gasteiger partial charge in [-0.3, -0.25) is 4.79 Å². The summed E-state index contributed by atoms with van der Waals surface area (Å²) in [6.45, 7) is 2.10. The van der Waals surface area contributed by atoms with Crippen LogP contribution in [0.3, 0.4) is 0 Å². The molecule has 20 heavy (non-hydrogen) atoms. The molecule has 0 aliphatic carbocycles. The first-order chi connectivity index (χ1) is 9.69. The van der Waals surface area contributed by atoms with Gasteiger partial charge in [0, 0.05) is 25.2 Å². The fraction of sp³-hybridized carbons (Fsp3) is 0.429. The molecule has 1 aromatic rings. The number of benzene rings is 1. The first-order valence-corrected chi connectivity index (χ1v) is 6.69.